The summed E-state index contributed by atoms with van der Waals surface area (Å²) in [5, 5.41) is 3.26. The van der Waals surface area contributed by atoms with Gasteiger partial charge in [0.15, 0.2) is 11.6 Å². The molecule has 3 rings (SSSR count). The molecule has 0 aliphatic heterocycles. The molecule has 0 saturated heterocycles. The van der Waals surface area contributed by atoms with Gasteiger partial charge in [-0.15, -0.1) is 0 Å². The van der Waals surface area contributed by atoms with Crippen LogP contribution in [-0.4, -0.2) is 16.5 Å². The summed E-state index contributed by atoms with van der Waals surface area (Å²) in [6, 6.07) is 5.91. The zero-order valence-electron chi connectivity index (χ0n) is 11.4. The average molecular weight is 257 g/mol. The summed E-state index contributed by atoms with van der Waals surface area (Å²) in [5.74, 6) is 4.67. The molecular weight excluding hydrogens is 238 g/mol. The van der Waals surface area contributed by atoms with Crippen LogP contribution in [0.4, 0.5) is 5.82 Å². The van der Waals surface area contributed by atoms with Crippen molar-refractivity contribution in [3.05, 3.63) is 30.2 Å². The molecule has 0 bridgehead atoms. The maximum atomic E-state index is 5.87. The van der Waals surface area contributed by atoms with Crippen LogP contribution in [-0.2, 0) is 0 Å². The first-order valence-electron chi connectivity index (χ1n) is 6.95. The lowest BCUT2D eigenvalue weighted by molar-refractivity contribution is 0.515. The summed E-state index contributed by atoms with van der Waals surface area (Å²) in [7, 11) is 0. The zero-order chi connectivity index (χ0) is 13.2. The summed E-state index contributed by atoms with van der Waals surface area (Å²) < 4.78 is 5.87. The third-order valence-corrected chi connectivity index (χ3v) is 3.53. The molecular formula is C15H19N3O. The van der Waals surface area contributed by atoms with Gasteiger partial charge < -0.3 is 9.73 Å². The van der Waals surface area contributed by atoms with E-state index in [1.807, 2.05) is 12.1 Å². The van der Waals surface area contributed by atoms with Gasteiger partial charge in [-0.05, 0) is 37.0 Å². The maximum Gasteiger partial charge on any atom is 0.197 e. The number of nitrogens with one attached hydrogen (secondary N) is 1. The molecule has 1 saturated carbocycles. The molecule has 2 atom stereocenters. The summed E-state index contributed by atoms with van der Waals surface area (Å²) in [6.45, 7) is 5.29. The lowest BCUT2D eigenvalue weighted by Crippen LogP contribution is -2.02. The molecule has 1 fully saturated rings. The minimum Gasteiger partial charge on any atom is -0.457 e. The Kier molecular flexibility index (Phi) is 3.23. The Morgan fingerprint density at radius 3 is 2.95 bits per heavy atom. The van der Waals surface area contributed by atoms with Crippen LogP contribution in [0.1, 0.15) is 38.4 Å². The van der Waals surface area contributed by atoms with Crippen LogP contribution >= 0.6 is 0 Å². The molecule has 1 N–H and O–H groups in total. The van der Waals surface area contributed by atoms with E-state index in [1.165, 1.54) is 6.42 Å². The van der Waals surface area contributed by atoms with Crippen molar-refractivity contribution in [2.75, 3.05) is 11.9 Å². The molecule has 0 aromatic carbocycles. The Labute approximate surface area is 113 Å². The lowest BCUT2D eigenvalue weighted by atomic mass is 10.3. The van der Waals surface area contributed by atoms with Crippen LogP contribution < -0.4 is 5.32 Å². The highest BCUT2D eigenvalue weighted by atomic mass is 16.3. The third-order valence-electron chi connectivity index (χ3n) is 3.53. The molecule has 2 unspecified atom stereocenters. The number of aromatic nitrogens is 2. The van der Waals surface area contributed by atoms with Crippen LogP contribution in [0, 0.1) is 5.92 Å². The fourth-order valence-corrected chi connectivity index (χ4v) is 2.22. The highest BCUT2D eigenvalue weighted by molar-refractivity contribution is 5.51. The Morgan fingerprint density at radius 2 is 2.21 bits per heavy atom. The molecule has 4 nitrogen and oxygen atoms in total. The van der Waals surface area contributed by atoms with Gasteiger partial charge in [-0.1, -0.05) is 13.8 Å². The van der Waals surface area contributed by atoms with Gasteiger partial charge >= 0.3 is 0 Å². The third kappa shape index (κ3) is 2.62. The predicted octanol–water partition coefficient (Wildman–Crippen LogP) is 3.68. The second kappa shape index (κ2) is 5.03. The Morgan fingerprint density at radius 1 is 1.37 bits per heavy atom. The Bertz CT molecular complexity index is 564. The van der Waals surface area contributed by atoms with Crippen LogP contribution in [0.25, 0.3) is 11.6 Å². The van der Waals surface area contributed by atoms with Gasteiger partial charge in [-0.2, -0.15) is 0 Å². The van der Waals surface area contributed by atoms with Crippen LogP contribution in [0.2, 0.25) is 0 Å². The second-order valence-corrected chi connectivity index (χ2v) is 5.21. The molecule has 2 aromatic heterocycles. The molecule has 1 aliphatic rings. The van der Waals surface area contributed by atoms with Crippen molar-refractivity contribution in [3.8, 4) is 11.6 Å². The molecule has 0 amide bonds. The summed E-state index contributed by atoms with van der Waals surface area (Å²) in [5.41, 5.74) is 0. The van der Waals surface area contributed by atoms with Gasteiger partial charge in [0.05, 0.1) is 0 Å². The second-order valence-electron chi connectivity index (χ2n) is 5.21. The minimum atomic E-state index is 0.593. The van der Waals surface area contributed by atoms with E-state index >= 15 is 0 Å². The van der Waals surface area contributed by atoms with E-state index in [-0.39, 0.29) is 0 Å². The van der Waals surface area contributed by atoms with Gasteiger partial charge in [0.2, 0.25) is 0 Å². The van der Waals surface area contributed by atoms with E-state index < -0.39 is 0 Å². The van der Waals surface area contributed by atoms with Crippen LogP contribution in [0.5, 0.6) is 0 Å². The van der Waals surface area contributed by atoms with Crippen molar-refractivity contribution in [2.24, 2.45) is 5.92 Å². The molecule has 1 aliphatic carbocycles. The topological polar surface area (TPSA) is 51.0 Å². The summed E-state index contributed by atoms with van der Waals surface area (Å²) >= 11 is 0. The van der Waals surface area contributed by atoms with Gasteiger partial charge in [0, 0.05) is 18.7 Å². The number of hydrogen-bond acceptors (Lipinski definition) is 4. The first kappa shape index (κ1) is 12.2. The number of nitrogens with zero attached hydrogens (tertiary/aromatic N) is 2. The van der Waals surface area contributed by atoms with Crippen LogP contribution in [0.15, 0.2) is 28.8 Å². The van der Waals surface area contributed by atoms with Gasteiger partial charge in [-0.25, -0.2) is 9.97 Å². The summed E-state index contributed by atoms with van der Waals surface area (Å²) in [4.78, 5) is 8.76. The van der Waals surface area contributed by atoms with Crippen molar-refractivity contribution in [3.63, 3.8) is 0 Å². The molecule has 4 heteroatoms. The van der Waals surface area contributed by atoms with Crippen molar-refractivity contribution >= 4 is 5.82 Å². The van der Waals surface area contributed by atoms with E-state index in [2.05, 4.69) is 35.2 Å². The molecule has 2 aromatic rings. The quantitative estimate of drug-likeness (QED) is 0.887. The predicted molar refractivity (Wildman–Crippen MR) is 75.0 cm³/mol. The van der Waals surface area contributed by atoms with Gasteiger partial charge in [0.1, 0.15) is 11.6 Å². The van der Waals surface area contributed by atoms with Crippen molar-refractivity contribution < 1.29 is 4.42 Å². The number of furan rings is 1. The normalized spacial score (nSPS) is 21.4. The lowest BCUT2D eigenvalue weighted by Gasteiger charge is -2.04. The van der Waals surface area contributed by atoms with E-state index in [9.17, 15) is 0 Å². The van der Waals surface area contributed by atoms with Crippen LogP contribution in [0.3, 0.4) is 0 Å². The molecule has 19 heavy (non-hydrogen) atoms. The molecule has 2 heterocycles. The fraction of sp³-hybridized carbons (Fsp3) is 0.467. The van der Waals surface area contributed by atoms with E-state index in [0.29, 0.717) is 11.7 Å². The first-order valence-corrected chi connectivity index (χ1v) is 6.95. The Balaban J connectivity index is 1.79. The molecule has 0 spiro atoms. The number of anilines is 1. The smallest absolute Gasteiger partial charge is 0.197 e. The monoisotopic (exact) mass is 257 g/mol. The van der Waals surface area contributed by atoms with E-state index in [0.717, 1.165) is 36.2 Å². The molecule has 100 valence electrons. The van der Waals surface area contributed by atoms with Gasteiger partial charge in [-0.3, -0.25) is 0 Å². The Hall–Kier alpha value is -1.84. The molecule has 0 radical (unpaired) electrons. The largest absolute Gasteiger partial charge is 0.457 e. The average Bonchev–Trinajstić information content (AvgIpc) is 2.98. The van der Waals surface area contributed by atoms with Crippen molar-refractivity contribution in [1.82, 2.24) is 9.97 Å². The maximum absolute atomic E-state index is 5.87. The van der Waals surface area contributed by atoms with Crippen molar-refractivity contribution in [2.45, 2.75) is 32.6 Å². The van der Waals surface area contributed by atoms with E-state index in [4.69, 9.17) is 4.42 Å². The SMILES string of the molecule is CCCNc1ccnc(-c2ccc(C3CC3C)o2)n1. The fourth-order valence-electron chi connectivity index (χ4n) is 2.22. The zero-order valence-corrected chi connectivity index (χ0v) is 11.4. The van der Waals surface area contributed by atoms with Gasteiger partial charge in [0.25, 0.3) is 0 Å². The highest BCUT2D eigenvalue weighted by Gasteiger charge is 2.36. The number of hydrogen-bond donors (Lipinski definition) is 1. The van der Waals surface area contributed by atoms with Crippen molar-refractivity contribution in [1.29, 1.82) is 0 Å². The standard InChI is InChI=1S/C15H19N3O/c1-3-7-16-14-6-8-17-15(18-14)13-5-4-12(19-13)11-9-10(11)2/h4-6,8,10-11H,3,7,9H2,1-2H3,(H,16,17,18). The van der Waals surface area contributed by atoms with E-state index in [1.54, 1.807) is 6.20 Å². The summed E-state index contributed by atoms with van der Waals surface area (Å²) in [6.07, 6.45) is 4.07. The minimum absolute atomic E-state index is 0.593. The number of rotatable bonds is 5. The first-order chi connectivity index (χ1) is 9.28. The highest BCUT2D eigenvalue weighted by Crippen LogP contribution is 2.47.